The summed E-state index contributed by atoms with van der Waals surface area (Å²) in [6, 6.07) is -0.516. The lowest BCUT2D eigenvalue weighted by atomic mass is 10.2. The molecule has 0 saturated carbocycles. The maximum atomic E-state index is 12.3. The number of thiazole rings is 1. The minimum Gasteiger partial charge on any atom is -0.333 e. The molecule has 0 aromatic carbocycles. The summed E-state index contributed by atoms with van der Waals surface area (Å²) in [5.41, 5.74) is 6.06. The maximum Gasteiger partial charge on any atom is 0.273 e. The SMILES string of the molecule is CC(N)c1nc(C(=O)N2CCS(=O)(=O)CC2C)cs1. The summed E-state index contributed by atoms with van der Waals surface area (Å²) >= 11 is 1.35. The second kappa shape index (κ2) is 5.18. The van der Waals surface area contributed by atoms with Crippen LogP contribution < -0.4 is 5.73 Å². The van der Waals surface area contributed by atoms with Gasteiger partial charge in [0.1, 0.15) is 10.7 Å². The summed E-state index contributed by atoms with van der Waals surface area (Å²) in [5.74, 6) is -0.179. The number of hydrogen-bond acceptors (Lipinski definition) is 6. The highest BCUT2D eigenvalue weighted by atomic mass is 32.2. The van der Waals surface area contributed by atoms with Gasteiger partial charge in [-0.1, -0.05) is 0 Å². The van der Waals surface area contributed by atoms with Gasteiger partial charge in [-0.25, -0.2) is 13.4 Å². The molecule has 1 saturated heterocycles. The third-order valence-electron chi connectivity index (χ3n) is 3.06. The van der Waals surface area contributed by atoms with Crippen LogP contribution in [-0.4, -0.2) is 48.3 Å². The molecular formula is C11H17N3O3S2. The number of rotatable bonds is 2. The number of aromatic nitrogens is 1. The van der Waals surface area contributed by atoms with Gasteiger partial charge in [0, 0.05) is 18.0 Å². The second-order valence-electron chi connectivity index (χ2n) is 4.82. The summed E-state index contributed by atoms with van der Waals surface area (Å²) < 4.78 is 23.0. The number of hydrogen-bond donors (Lipinski definition) is 1. The van der Waals surface area contributed by atoms with Crippen LogP contribution in [0.3, 0.4) is 0 Å². The van der Waals surface area contributed by atoms with Crippen LogP contribution in [-0.2, 0) is 9.84 Å². The smallest absolute Gasteiger partial charge is 0.273 e. The lowest BCUT2D eigenvalue weighted by molar-refractivity contribution is 0.0707. The van der Waals surface area contributed by atoms with E-state index in [1.807, 2.05) is 6.92 Å². The monoisotopic (exact) mass is 303 g/mol. The first kappa shape index (κ1) is 14.4. The van der Waals surface area contributed by atoms with Gasteiger partial charge in [-0.3, -0.25) is 4.79 Å². The summed E-state index contributed by atoms with van der Waals surface area (Å²) in [7, 11) is -3.02. The molecule has 2 heterocycles. The molecule has 0 spiro atoms. The average molecular weight is 303 g/mol. The predicted octanol–water partition coefficient (Wildman–Crippen LogP) is 0.422. The Kier molecular flexibility index (Phi) is 3.93. The molecule has 2 rings (SSSR count). The fourth-order valence-corrected chi connectivity index (χ4v) is 4.35. The number of amides is 1. The first-order chi connectivity index (χ1) is 8.80. The third-order valence-corrected chi connectivity index (χ3v) is 5.90. The van der Waals surface area contributed by atoms with Crippen LogP contribution in [0.2, 0.25) is 0 Å². The van der Waals surface area contributed by atoms with E-state index < -0.39 is 9.84 Å². The number of carbonyl (C=O) groups is 1. The largest absolute Gasteiger partial charge is 0.333 e. The molecule has 1 aromatic rings. The van der Waals surface area contributed by atoms with Crippen molar-refractivity contribution in [1.29, 1.82) is 0 Å². The fraction of sp³-hybridized carbons (Fsp3) is 0.636. The summed E-state index contributed by atoms with van der Waals surface area (Å²) in [5, 5.41) is 2.39. The lowest BCUT2D eigenvalue weighted by Gasteiger charge is -2.32. The Bertz CT molecular complexity index is 580. The van der Waals surface area contributed by atoms with E-state index in [1.165, 1.54) is 11.3 Å². The average Bonchev–Trinajstić information content (AvgIpc) is 2.76. The van der Waals surface area contributed by atoms with Crippen LogP contribution in [0.15, 0.2) is 5.38 Å². The summed E-state index contributed by atoms with van der Waals surface area (Å²) in [6.07, 6.45) is 0. The standard InChI is InChI=1S/C11H17N3O3S2/c1-7-6-19(16,17)4-3-14(7)11(15)9-5-18-10(13-9)8(2)12/h5,7-8H,3-4,6,12H2,1-2H3. The minimum atomic E-state index is -3.02. The second-order valence-corrected chi connectivity index (χ2v) is 7.94. The molecule has 1 fully saturated rings. The van der Waals surface area contributed by atoms with Crippen LogP contribution in [0.1, 0.15) is 35.4 Å². The molecule has 1 amide bonds. The van der Waals surface area contributed by atoms with E-state index in [9.17, 15) is 13.2 Å². The molecule has 6 nitrogen and oxygen atoms in total. The number of nitrogens with two attached hydrogens (primary N) is 1. The topological polar surface area (TPSA) is 93.4 Å². The zero-order chi connectivity index (χ0) is 14.2. The van der Waals surface area contributed by atoms with E-state index in [-0.39, 0.29) is 36.0 Å². The van der Waals surface area contributed by atoms with Crippen molar-refractivity contribution in [1.82, 2.24) is 9.88 Å². The highest BCUT2D eigenvalue weighted by Gasteiger charge is 2.32. The van der Waals surface area contributed by atoms with Crippen molar-refractivity contribution >= 4 is 27.1 Å². The van der Waals surface area contributed by atoms with Gasteiger partial charge in [0.2, 0.25) is 0 Å². The van der Waals surface area contributed by atoms with Gasteiger partial charge in [-0.15, -0.1) is 11.3 Å². The minimum absolute atomic E-state index is 0.0169. The van der Waals surface area contributed by atoms with Crippen molar-refractivity contribution in [3.63, 3.8) is 0 Å². The zero-order valence-corrected chi connectivity index (χ0v) is 12.5. The van der Waals surface area contributed by atoms with E-state index in [1.54, 1.807) is 17.2 Å². The van der Waals surface area contributed by atoms with Crippen LogP contribution in [0.4, 0.5) is 0 Å². The molecule has 1 aliphatic heterocycles. The molecule has 2 atom stereocenters. The van der Waals surface area contributed by atoms with Crippen LogP contribution in [0, 0.1) is 0 Å². The number of sulfone groups is 1. The van der Waals surface area contributed by atoms with Gasteiger partial charge < -0.3 is 10.6 Å². The van der Waals surface area contributed by atoms with Gasteiger partial charge in [-0.05, 0) is 13.8 Å². The molecule has 0 aliphatic carbocycles. The van der Waals surface area contributed by atoms with Crippen LogP contribution >= 0.6 is 11.3 Å². The van der Waals surface area contributed by atoms with E-state index in [2.05, 4.69) is 4.98 Å². The zero-order valence-electron chi connectivity index (χ0n) is 10.9. The van der Waals surface area contributed by atoms with Gasteiger partial charge in [0.05, 0.1) is 17.5 Å². The highest BCUT2D eigenvalue weighted by Crippen LogP contribution is 2.19. The molecule has 106 valence electrons. The van der Waals surface area contributed by atoms with Gasteiger partial charge >= 0.3 is 0 Å². The highest BCUT2D eigenvalue weighted by molar-refractivity contribution is 7.91. The molecule has 8 heteroatoms. The normalized spacial score (nSPS) is 24.2. The van der Waals surface area contributed by atoms with Gasteiger partial charge in [0.15, 0.2) is 9.84 Å². The lowest BCUT2D eigenvalue weighted by Crippen LogP contribution is -2.49. The summed E-state index contributed by atoms with van der Waals surface area (Å²) in [6.45, 7) is 3.78. The van der Waals surface area contributed by atoms with Crippen LogP contribution in [0.5, 0.6) is 0 Å². The van der Waals surface area contributed by atoms with E-state index >= 15 is 0 Å². The Morgan fingerprint density at radius 3 is 2.84 bits per heavy atom. The van der Waals surface area contributed by atoms with Crippen molar-refractivity contribution in [3.05, 3.63) is 16.1 Å². The molecule has 2 N–H and O–H groups in total. The molecule has 0 radical (unpaired) electrons. The van der Waals surface area contributed by atoms with Crippen molar-refractivity contribution in [2.75, 3.05) is 18.1 Å². The molecule has 19 heavy (non-hydrogen) atoms. The predicted molar refractivity (Wildman–Crippen MR) is 73.9 cm³/mol. The van der Waals surface area contributed by atoms with Crippen molar-refractivity contribution in [2.24, 2.45) is 5.73 Å². The van der Waals surface area contributed by atoms with Crippen LogP contribution in [0.25, 0.3) is 0 Å². The molecule has 2 unspecified atom stereocenters. The molecule has 1 aliphatic rings. The summed E-state index contributed by atoms with van der Waals surface area (Å²) in [4.78, 5) is 18.1. The number of nitrogens with zero attached hydrogens (tertiary/aromatic N) is 2. The fourth-order valence-electron chi connectivity index (χ4n) is 2.04. The first-order valence-electron chi connectivity index (χ1n) is 6.02. The van der Waals surface area contributed by atoms with Crippen molar-refractivity contribution < 1.29 is 13.2 Å². The van der Waals surface area contributed by atoms with E-state index in [0.717, 1.165) is 0 Å². The Morgan fingerprint density at radius 1 is 1.63 bits per heavy atom. The van der Waals surface area contributed by atoms with Gasteiger partial charge in [0.25, 0.3) is 5.91 Å². The van der Waals surface area contributed by atoms with E-state index in [0.29, 0.717) is 10.7 Å². The number of carbonyl (C=O) groups excluding carboxylic acids is 1. The Balaban J connectivity index is 2.15. The Labute approximate surface area is 116 Å². The first-order valence-corrected chi connectivity index (χ1v) is 8.72. The molecular weight excluding hydrogens is 286 g/mol. The van der Waals surface area contributed by atoms with E-state index in [4.69, 9.17) is 5.73 Å². The Morgan fingerprint density at radius 2 is 2.32 bits per heavy atom. The van der Waals surface area contributed by atoms with Crippen molar-refractivity contribution in [2.45, 2.75) is 25.9 Å². The van der Waals surface area contributed by atoms with Crippen molar-refractivity contribution in [3.8, 4) is 0 Å². The third kappa shape index (κ3) is 3.13. The quantitative estimate of drug-likeness (QED) is 0.854. The Hall–Kier alpha value is -0.990. The molecule has 0 bridgehead atoms. The molecule has 1 aromatic heterocycles. The van der Waals surface area contributed by atoms with Gasteiger partial charge in [-0.2, -0.15) is 0 Å². The maximum absolute atomic E-state index is 12.3.